The van der Waals surface area contributed by atoms with Crippen LogP contribution in [-0.2, 0) is 13.1 Å². The second kappa shape index (κ2) is 5.35. The maximum atomic E-state index is 10.9. The summed E-state index contributed by atoms with van der Waals surface area (Å²) in [5.74, 6) is -0.411. The molecule has 0 bridgehead atoms. The molecular formula is C13H16N4O. The lowest BCUT2D eigenvalue weighted by atomic mass is 10.2. The normalized spacial score (nSPS) is 10.3. The van der Waals surface area contributed by atoms with Gasteiger partial charge in [-0.05, 0) is 31.2 Å². The third-order valence-corrected chi connectivity index (χ3v) is 2.78. The van der Waals surface area contributed by atoms with Crippen molar-refractivity contribution < 1.29 is 4.79 Å². The summed E-state index contributed by atoms with van der Waals surface area (Å²) in [4.78, 5) is 15.0. The molecule has 2 rings (SSSR count). The van der Waals surface area contributed by atoms with Crippen molar-refractivity contribution in [1.82, 2.24) is 9.55 Å². The van der Waals surface area contributed by atoms with Gasteiger partial charge < -0.3 is 15.6 Å². The predicted molar refractivity (Wildman–Crippen MR) is 70.2 cm³/mol. The number of hydrogen-bond acceptors (Lipinski definition) is 3. The van der Waals surface area contributed by atoms with Crippen LogP contribution < -0.4 is 11.1 Å². The van der Waals surface area contributed by atoms with Crippen molar-refractivity contribution in [2.45, 2.75) is 20.0 Å². The third kappa shape index (κ3) is 2.68. The first kappa shape index (κ1) is 12.2. The first-order valence-corrected chi connectivity index (χ1v) is 5.83. The highest BCUT2D eigenvalue weighted by molar-refractivity contribution is 5.93. The number of imidazole rings is 1. The fourth-order valence-electron chi connectivity index (χ4n) is 1.73. The molecule has 1 amide bonds. The van der Waals surface area contributed by atoms with E-state index < -0.39 is 5.91 Å². The summed E-state index contributed by atoms with van der Waals surface area (Å²) in [7, 11) is 0. The number of primary amides is 1. The monoisotopic (exact) mass is 244 g/mol. The van der Waals surface area contributed by atoms with Crippen LogP contribution in [0.3, 0.4) is 0 Å². The maximum absolute atomic E-state index is 10.9. The summed E-state index contributed by atoms with van der Waals surface area (Å²) in [6.07, 6.45) is 3.65. The molecule has 0 atom stereocenters. The zero-order valence-electron chi connectivity index (χ0n) is 10.3. The lowest BCUT2D eigenvalue weighted by Crippen LogP contribution is -2.11. The van der Waals surface area contributed by atoms with Crippen LogP contribution in [0.25, 0.3) is 0 Å². The third-order valence-electron chi connectivity index (χ3n) is 2.78. The van der Waals surface area contributed by atoms with Crippen LogP contribution in [0.4, 0.5) is 5.69 Å². The van der Waals surface area contributed by atoms with Gasteiger partial charge in [0.1, 0.15) is 0 Å². The number of carbonyl (C=O) groups is 1. The van der Waals surface area contributed by atoms with Crippen LogP contribution in [0.2, 0.25) is 0 Å². The molecule has 0 aliphatic heterocycles. The number of benzene rings is 1. The van der Waals surface area contributed by atoms with Crippen LogP contribution in [0.15, 0.2) is 36.8 Å². The number of carbonyl (C=O) groups excluding carboxylic acids is 1. The van der Waals surface area contributed by atoms with E-state index in [-0.39, 0.29) is 0 Å². The number of anilines is 1. The molecule has 1 heterocycles. The Bertz CT molecular complexity index is 530. The van der Waals surface area contributed by atoms with Crippen molar-refractivity contribution in [1.29, 1.82) is 0 Å². The number of hydrogen-bond donors (Lipinski definition) is 2. The lowest BCUT2D eigenvalue weighted by Gasteiger charge is -2.08. The molecule has 0 radical (unpaired) electrons. The number of nitrogens with one attached hydrogen (secondary N) is 1. The van der Waals surface area contributed by atoms with E-state index in [1.165, 1.54) is 0 Å². The Labute approximate surface area is 106 Å². The summed E-state index contributed by atoms with van der Waals surface area (Å²) in [5, 5.41) is 3.27. The zero-order chi connectivity index (χ0) is 13.0. The van der Waals surface area contributed by atoms with Gasteiger partial charge in [0.25, 0.3) is 0 Å². The molecule has 0 spiro atoms. The minimum atomic E-state index is -0.411. The Morgan fingerprint density at radius 1 is 1.39 bits per heavy atom. The first-order chi connectivity index (χ1) is 8.70. The Balaban J connectivity index is 2.00. The van der Waals surface area contributed by atoms with E-state index in [1.54, 1.807) is 12.1 Å². The molecule has 0 unspecified atom stereocenters. The van der Waals surface area contributed by atoms with Crippen molar-refractivity contribution in [3.05, 3.63) is 48.0 Å². The van der Waals surface area contributed by atoms with Gasteiger partial charge >= 0.3 is 0 Å². The SMILES string of the molecule is CCn1cncc1CNc1ccc(C(N)=O)cc1. The largest absolute Gasteiger partial charge is 0.379 e. The van der Waals surface area contributed by atoms with Gasteiger partial charge in [0.15, 0.2) is 0 Å². The molecule has 5 nitrogen and oxygen atoms in total. The minimum absolute atomic E-state index is 0.411. The summed E-state index contributed by atoms with van der Waals surface area (Å²) >= 11 is 0. The molecular weight excluding hydrogens is 228 g/mol. The molecule has 1 aromatic heterocycles. The van der Waals surface area contributed by atoms with E-state index in [0.29, 0.717) is 12.1 Å². The fraction of sp³-hybridized carbons (Fsp3) is 0.231. The van der Waals surface area contributed by atoms with Gasteiger partial charge in [0, 0.05) is 24.0 Å². The fourth-order valence-corrected chi connectivity index (χ4v) is 1.73. The van der Waals surface area contributed by atoms with Gasteiger partial charge in [-0.3, -0.25) is 4.79 Å². The number of aryl methyl sites for hydroxylation is 1. The van der Waals surface area contributed by atoms with Crippen LogP contribution in [0.1, 0.15) is 23.0 Å². The Kier molecular flexibility index (Phi) is 3.62. The van der Waals surface area contributed by atoms with E-state index in [9.17, 15) is 4.79 Å². The molecule has 2 aromatic rings. The highest BCUT2D eigenvalue weighted by Crippen LogP contribution is 2.11. The summed E-state index contributed by atoms with van der Waals surface area (Å²) in [6, 6.07) is 7.10. The number of amides is 1. The molecule has 0 fully saturated rings. The van der Waals surface area contributed by atoms with Crippen LogP contribution in [0, 0.1) is 0 Å². The molecule has 0 saturated heterocycles. The summed E-state index contributed by atoms with van der Waals surface area (Å²) in [5.41, 5.74) is 7.76. The minimum Gasteiger partial charge on any atom is -0.379 e. The van der Waals surface area contributed by atoms with E-state index in [0.717, 1.165) is 17.9 Å². The standard InChI is InChI=1S/C13H16N4O/c1-2-17-9-15-7-12(17)8-16-11-5-3-10(4-6-11)13(14)18/h3-7,9,16H,2,8H2,1H3,(H2,14,18). The number of nitrogens with two attached hydrogens (primary N) is 1. The number of nitrogens with zero attached hydrogens (tertiary/aromatic N) is 2. The number of aromatic nitrogens is 2. The van der Waals surface area contributed by atoms with Crippen LogP contribution in [-0.4, -0.2) is 15.5 Å². The van der Waals surface area contributed by atoms with E-state index >= 15 is 0 Å². The summed E-state index contributed by atoms with van der Waals surface area (Å²) in [6.45, 7) is 3.67. The van der Waals surface area contributed by atoms with Gasteiger partial charge in [-0.2, -0.15) is 0 Å². The van der Waals surface area contributed by atoms with E-state index in [4.69, 9.17) is 5.73 Å². The smallest absolute Gasteiger partial charge is 0.248 e. The average Bonchev–Trinajstić information content (AvgIpc) is 2.84. The van der Waals surface area contributed by atoms with Gasteiger partial charge in [0.05, 0.1) is 18.6 Å². The zero-order valence-corrected chi connectivity index (χ0v) is 10.3. The Hall–Kier alpha value is -2.30. The van der Waals surface area contributed by atoms with Crippen molar-refractivity contribution >= 4 is 11.6 Å². The second-order valence-corrected chi connectivity index (χ2v) is 3.97. The predicted octanol–water partition coefficient (Wildman–Crippen LogP) is 1.61. The maximum Gasteiger partial charge on any atom is 0.248 e. The lowest BCUT2D eigenvalue weighted by molar-refractivity contribution is 0.100. The molecule has 0 aliphatic rings. The molecule has 5 heteroatoms. The van der Waals surface area contributed by atoms with Crippen molar-refractivity contribution in [2.75, 3.05) is 5.32 Å². The quantitative estimate of drug-likeness (QED) is 0.839. The second-order valence-electron chi connectivity index (χ2n) is 3.97. The molecule has 0 saturated carbocycles. The molecule has 94 valence electrons. The number of rotatable bonds is 5. The van der Waals surface area contributed by atoms with Crippen molar-refractivity contribution in [3.8, 4) is 0 Å². The molecule has 3 N–H and O–H groups in total. The van der Waals surface area contributed by atoms with Crippen LogP contribution in [0.5, 0.6) is 0 Å². The molecule has 0 aliphatic carbocycles. The van der Waals surface area contributed by atoms with Crippen molar-refractivity contribution in [3.63, 3.8) is 0 Å². The van der Waals surface area contributed by atoms with Crippen LogP contribution >= 0.6 is 0 Å². The first-order valence-electron chi connectivity index (χ1n) is 5.83. The van der Waals surface area contributed by atoms with Gasteiger partial charge in [0.2, 0.25) is 5.91 Å². The van der Waals surface area contributed by atoms with Gasteiger partial charge in [-0.25, -0.2) is 4.98 Å². The average molecular weight is 244 g/mol. The van der Waals surface area contributed by atoms with E-state index in [1.807, 2.05) is 24.7 Å². The highest BCUT2D eigenvalue weighted by Gasteiger charge is 2.02. The Morgan fingerprint density at radius 3 is 2.72 bits per heavy atom. The molecule has 18 heavy (non-hydrogen) atoms. The summed E-state index contributed by atoms with van der Waals surface area (Å²) < 4.78 is 2.07. The Morgan fingerprint density at radius 2 is 2.11 bits per heavy atom. The topological polar surface area (TPSA) is 72.9 Å². The highest BCUT2D eigenvalue weighted by atomic mass is 16.1. The molecule has 1 aromatic carbocycles. The van der Waals surface area contributed by atoms with Gasteiger partial charge in [-0.15, -0.1) is 0 Å². The van der Waals surface area contributed by atoms with E-state index in [2.05, 4.69) is 21.8 Å². The van der Waals surface area contributed by atoms with Crippen molar-refractivity contribution in [2.24, 2.45) is 5.73 Å². The van der Waals surface area contributed by atoms with Gasteiger partial charge in [-0.1, -0.05) is 0 Å².